The molecule has 1 aromatic carbocycles. The number of aliphatic hydroxyl groups is 1. The van der Waals surface area contributed by atoms with Crippen LogP contribution in [0.2, 0.25) is 0 Å². The van der Waals surface area contributed by atoms with Gasteiger partial charge >= 0.3 is 0 Å². The number of nitro groups is 1. The van der Waals surface area contributed by atoms with E-state index in [4.69, 9.17) is 10.2 Å². The Morgan fingerprint density at radius 3 is 2.78 bits per heavy atom. The number of amides is 1. The van der Waals surface area contributed by atoms with Crippen LogP contribution in [0.15, 0.2) is 41.0 Å². The van der Waals surface area contributed by atoms with Gasteiger partial charge in [-0.3, -0.25) is 14.9 Å². The van der Waals surface area contributed by atoms with E-state index in [1.165, 1.54) is 24.5 Å². The molecule has 0 aliphatic heterocycles. The summed E-state index contributed by atoms with van der Waals surface area (Å²) < 4.78 is 5.09. The first-order valence-electron chi connectivity index (χ1n) is 6.95. The second-order valence-corrected chi connectivity index (χ2v) is 5.14. The fourth-order valence-electron chi connectivity index (χ4n) is 2.20. The maximum absolute atomic E-state index is 12.2. The average molecular weight is 319 g/mol. The van der Waals surface area contributed by atoms with Crippen LogP contribution in [0, 0.1) is 10.1 Å². The molecule has 0 radical (unpaired) electrons. The highest BCUT2D eigenvalue weighted by Crippen LogP contribution is 2.25. The Hall–Kier alpha value is -2.87. The van der Waals surface area contributed by atoms with E-state index in [9.17, 15) is 20.0 Å². The number of rotatable bonds is 6. The number of furan rings is 1. The van der Waals surface area contributed by atoms with Gasteiger partial charge in [-0.2, -0.15) is 0 Å². The second-order valence-electron chi connectivity index (χ2n) is 5.14. The third kappa shape index (κ3) is 3.86. The molecule has 1 amide bonds. The Labute approximate surface area is 132 Å². The molecule has 0 aliphatic rings. The Kier molecular flexibility index (Phi) is 4.97. The number of carbonyl (C=O) groups is 1. The molecule has 4 N–H and O–H groups in total. The van der Waals surface area contributed by atoms with Crippen molar-refractivity contribution in [3.05, 3.63) is 58.0 Å². The van der Waals surface area contributed by atoms with Crippen molar-refractivity contribution in [3.63, 3.8) is 0 Å². The normalized spacial score (nSPS) is 13.3. The molecule has 23 heavy (non-hydrogen) atoms. The molecule has 0 fully saturated rings. The molecule has 0 aliphatic carbocycles. The van der Waals surface area contributed by atoms with Crippen LogP contribution in [0.3, 0.4) is 0 Å². The number of para-hydroxylation sites is 1. The lowest BCUT2D eigenvalue weighted by Crippen LogP contribution is -2.34. The topological polar surface area (TPSA) is 132 Å². The molecule has 2 aromatic rings. The van der Waals surface area contributed by atoms with Gasteiger partial charge in [0.05, 0.1) is 16.7 Å². The summed E-state index contributed by atoms with van der Waals surface area (Å²) in [5.74, 6) is -0.133. The standard InChI is InChI=1S/C15H17N3O5/c1-9(8-12(19)13-6-3-7-23-13)17-15(20)10-4-2-5-11(14(10)16)18(21)22/h2-7,9,12,19H,8,16H2,1H3,(H,17,20). The van der Waals surface area contributed by atoms with Crippen molar-refractivity contribution in [3.8, 4) is 0 Å². The first-order chi connectivity index (χ1) is 10.9. The van der Waals surface area contributed by atoms with Gasteiger partial charge in [-0.1, -0.05) is 6.07 Å². The number of hydrogen-bond acceptors (Lipinski definition) is 6. The summed E-state index contributed by atoms with van der Waals surface area (Å²) in [4.78, 5) is 22.4. The zero-order valence-electron chi connectivity index (χ0n) is 12.4. The highest BCUT2D eigenvalue weighted by molar-refractivity contribution is 6.01. The van der Waals surface area contributed by atoms with Gasteiger partial charge in [0.2, 0.25) is 0 Å². The molecule has 8 heteroatoms. The number of nitrogens with two attached hydrogens (primary N) is 1. The van der Waals surface area contributed by atoms with E-state index in [0.717, 1.165) is 0 Å². The zero-order valence-corrected chi connectivity index (χ0v) is 12.4. The quantitative estimate of drug-likeness (QED) is 0.424. The van der Waals surface area contributed by atoms with Crippen LogP contribution in [-0.2, 0) is 0 Å². The van der Waals surface area contributed by atoms with E-state index in [1.54, 1.807) is 19.1 Å². The van der Waals surface area contributed by atoms with E-state index in [-0.39, 0.29) is 29.4 Å². The molecule has 122 valence electrons. The number of nitrogen functional groups attached to an aromatic ring is 1. The number of nitrogens with one attached hydrogen (secondary N) is 1. The SMILES string of the molecule is CC(CC(O)c1ccco1)NC(=O)c1cccc([N+](=O)[O-])c1N. The summed E-state index contributed by atoms with van der Waals surface area (Å²) in [6, 6.07) is 6.94. The summed E-state index contributed by atoms with van der Waals surface area (Å²) in [7, 11) is 0. The molecule has 0 saturated carbocycles. The van der Waals surface area contributed by atoms with Gasteiger partial charge in [-0.05, 0) is 25.1 Å². The monoisotopic (exact) mass is 319 g/mol. The zero-order chi connectivity index (χ0) is 17.0. The van der Waals surface area contributed by atoms with Gasteiger partial charge in [-0.15, -0.1) is 0 Å². The predicted octanol–water partition coefficient (Wildman–Crippen LogP) is 2.01. The lowest BCUT2D eigenvalue weighted by Gasteiger charge is -2.17. The fraction of sp³-hybridized carbons (Fsp3) is 0.267. The van der Waals surface area contributed by atoms with Crippen LogP contribution in [0.4, 0.5) is 11.4 Å². The Morgan fingerprint density at radius 1 is 1.43 bits per heavy atom. The van der Waals surface area contributed by atoms with E-state index >= 15 is 0 Å². The summed E-state index contributed by atoms with van der Waals surface area (Å²) in [5.41, 5.74) is 5.19. The first kappa shape index (κ1) is 16.5. The minimum absolute atomic E-state index is 0.0264. The Balaban J connectivity index is 2.04. The number of nitro benzene ring substituents is 1. The fourth-order valence-corrected chi connectivity index (χ4v) is 2.20. The molecule has 0 bridgehead atoms. The highest BCUT2D eigenvalue weighted by atomic mass is 16.6. The van der Waals surface area contributed by atoms with Crippen molar-refractivity contribution >= 4 is 17.3 Å². The predicted molar refractivity (Wildman–Crippen MR) is 82.7 cm³/mol. The minimum Gasteiger partial charge on any atom is -0.467 e. The van der Waals surface area contributed by atoms with Crippen molar-refractivity contribution in [1.29, 1.82) is 0 Å². The summed E-state index contributed by atoms with van der Waals surface area (Å²) in [6.45, 7) is 1.71. The van der Waals surface area contributed by atoms with Crippen LogP contribution in [0.5, 0.6) is 0 Å². The number of nitrogens with zero attached hydrogens (tertiary/aromatic N) is 1. The minimum atomic E-state index is -0.859. The Bertz CT molecular complexity index is 699. The molecular weight excluding hydrogens is 302 g/mol. The summed E-state index contributed by atoms with van der Waals surface area (Å²) in [6.07, 6.45) is 0.822. The van der Waals surface area contributed by atoms with Crippen LogP contribution in [0.1, 0.15) is 35.6 Å². The van der Waals surface area contributed by atoms with Crippen molar-refractivity contribution in [2.45, 2.75) is 25.5 Å². The number of benzene rings is 1. The van der Waals surface area contributed by atoms with Gasteiger partial charge < -0.3 is 20.6 Å². The van der Waals surface area contributed by atoms with Crippen LogP contribution >= 0.6 is 0 Å². The van der Waals surface area contributed by atoms with E-state index < -0.39 is 16.9 Å². The van der Waals surface area contributed by atoms with Crippen LogP contribution in [-0.4, -0.2) is 22.0 Å². The molecule has 2 rings (SSSR count). The molecule has 2 unspecified atom stereocenters. The average Bonchev–Trinajstić information content (AvgIpc) is 3.01. The molecule has 2 atom stereocenters. The van der Waals surface area contributed by atoms with E-state index in [2.05, 4.69) is 5.32 Å². The number of carbonyl (C=O) groups excluding carboxylic acids is 1. The molecule has 8 nitrogen and oxygen atoms in total. The maximum Gasteiger partial charge on any atom is 0.292 e. The molecular formula is C15H17N3O5. The third-order valence-electron chi connectivity index (χ3n) is 3.35. The van der Waals surface area contributed by atoms with Crippen LogP contribution in [0.25, 0.3) is 0 Å². The summed E-state index contributed by atoms with van der Waals surface area (Å²) in [5, 5.41) is 23.5. The van der Waals surface area contributed by atoms with Crippen molar-refractivity contribution in [2.24, 2.45) is 0 Å². The van der Waals surface area contributed by atoms with Gasteiger partial charge in [0.15, 0.2) is 0 Å². The highest BCUT2D eigenvalue weighted by Gasteiger charge is 2.21. The smallest absolute Gasteiger partial charge is 0.292 e. The van der Waals surface area contributed by atoms with Crippen molar-refractivity contribution in [2.75, 3.05) is 5.73 Å². The number of aliphatic hydroxyl groups excluding tert-OH is 1. The lowest BCUT2D eigenvalue weighted by atomic mass is 10.1. The third-order valence-corrected chi connectivity index (χ3v) is 3.35. The van der Waals surface area contributed by atoms with E-state index in [0.29, 0.717) is 5.76 Å². The molecule has 1 aromatic heterocycles. The van der Waals surface area contributed by atoms with Crippen LogP contribution < -0.4 is 11.1 Å². The second kappa shape index (κ2) is 6.93. The summed E-state index contributed by atoms with van der Waals surface area (Å²) >= 11 is 0. The number of anilines is 1. The molecule has 0 spiro atoms. The first-order valence-corrected chi connectivity index (χ1v) is 6.95. The lowest BCUT2D eigenvalue weighted by molar-refractivity contribution is -0.383. The van der Waals surface area contributed by atoms with Gasteiger partial charge in [0.1, 0.15) is 17.6 Å². The van der Waals surface area contributed by atoms with Gasteiger partial charge in [0, 0.05) is 18.5 Å². The van der Waals surface area contributed by atoms with Crippen molar-refractivity contribution < 1.29 is 19.2 Å². The largest absolute Gasteiger partial charge is 0.467 e. The van der Waals surface area contributed by atoms with Gasteiger partial charge in [-0.25, -0.2) is 0 Å². The van der Waals surface area contributed by atoms with Gasteiger partial charge in [0.25, 0.3) is 11.6 Å². The molecule has 1 heterocycles. The van der Waals surface area contributed by atoms with E-state index in [1.807, 2.05) is 0 Å². The van der Waals surface area contributed by atoms with Crippen molar-refractivity contribution in [1.82, 2.24) is 5.32 Å². The number of hydrogen-bond donors (Lipinski definition) is 3. The Morgan fingerprint density at radius 2 is 2.17 bits per heavy atom. The molecule has 0 saturated heterocycles. The maximum atomic E-state index is 12.2.